The summed E-state index contributed by atoms with van der Waals surface area (Å²) in [5.74, 6) is 0.290. The topological polar surface area (TPSA) is 23.3 Å². The van der Waals surface area contributed by atoms with Gasteiger partial charge in [0.1, 0.15) is 12.8 Å². The minimum Gasteiger partial charge on any atom is -0.344 e. The van der Waals surface area contributed by atoms with Gasteiger partial charge in [0, 0.05) is 47.5 Å². The summed E-state index contributed by atoms with van der Waals surface area (Å²) >= 11 is 0. The number of hydrogen-bond donors (Lipinski definition) is 0. The SMILES string of the molecule is CC(=O)CCCCCN1/C(=C/C=C/C2=[N+](C)c3ccccc3C2(C)C)C(C)(C)c2ccccc21. The minimum absolute atomic E-state index is 0.0229. The van der Waals surface area contributed by atoms with E-state index < -0.39 is 0 Å². The van der Waals surface area contributed by atoms with E-state index in [1.807, 2.05) is 0 Å². The van der Waals surface area contributed by atoms with Crippen molar-refractivity contribution < 1.29 is 9.37 Å². The Kier molecular flexibility index (Phi) is 6.66. The summed E-state index contributed by atoms with van der Waals surface area (Å²) in [4.78, 5) is 13.8. The molecule has 4 rings (SSSR count). The molecule has 0 fully saturated rings. The molecule has 2 aromatic carbocycles. The smallest absolute Gasteiger partial charge is 0.209 e. The van der Waals surface area contributed by atoms with Crippen molar-refractivity contribution >= 4 is 22.9 Å². The van der Waals surface area contributed by atoms with Gasteiger partial charge in [0.15, 0.2) is 5.71 Å². The van der Waals surface area contributed by atoms with E-state index in [1.165, 1.54) is 33.9 Å². The third kappa shape index (κ3) is 4.29. The third-order valence-corrected chi connectivity index (χ3v) is 7.66. The molecule has 34 heavy (non-hydrogen) atoms. The first kappa shape index (κ1) is 24.2. The number of allylic oxidation sites excluding steroid dienone is 4. The van der Waals surface area contributed by atoms with Gasteiger partial charge in [-0.1, -0.05) is 62.7 Å². The van der Waals surface area contributed by atoms with Gasteiger partial charge in [-0.15, -0.1) is 0 Å². The second-order valence-electron chi connectivity index (χ2n) is 10.8. The molecule has 2 aliphatic rings. The first-order valence-electron chi connectivity index (χ1n) is 12.6. The molecule has 0 amide bonds. The molecule has 3 nitrogen and oxygen atoms in total. The Morgan fingerprint density at radius 2 is 1.59 bits per heavy atom. The van der Waals surface area contributed by atoms with E-state index in [0.717, 1.165) is 25.8 Å². The van der Waals surface area contributed by atoms with Gasteiger partial charge in [0.05, 0.1) is 5.41 Å². The molecule has 0 unspecified atom stereocenters. The third-order valence-electron chi connectivity index (χ3n) is 7.66. The number of ketones is 1. The van der Waals surface area contributed by atoms with Crippen LogP contribution in [-0.4, -0.2) is 29.7 Å². The Balaban J connectivity index is 1.61. The Bertz CT molecular complexity index is 1180. The first-order valence-corrected chi connectivity index (χ1v) is 12.6. The number of carbonyl (C=O) groups is 1. The lowest BCUT2D eigenvalue weighted by atomic mass is 9.81. The van der Waals surface area contributed by atoms with Crippen LogP contribution in [0, 0.1) is 0 Å². The number of nitrogens with zero attached hydrogens (tertiary/aromatic N) is 2. The Morgan fingerprint density at radius 1 is 0.912 bits per heavy atom. The highest BCUT2D eigenvalue weighted by Crippen LogP contribution is 2.47. The first-order chi connectivity index (χ1) is 16.2. The van der Waals surface area contributed by atoms with Crippen LogP contribution in [0.3, 0.4) is 0 Å². The number of para-hydroxylation sites is 2. The zero-order valence-electron chi connectivity index (χ0n) is 21.7. The van der Waals surface area contributed by atoms with Crippen molar-refractivity contribution in [2.24, 2.45) is 0 Å². The number of anilines is 1. The van der Waals surface area contributed by atoms with Gasteiger partial charge in [-0.05, 0) is 51.3 Å². The van der Waals surface area contributed by atoms with E-state index in [4.69, 9.17) is 0 Å². The zero-order chi connectivity index (χ0) is 24.5. The van der Waals surface area contributed by atoms with Crippen LogP contribution in [0.4, 0.5) is 11.4 Å². The number of fused-ring (bicyclic) bond motifs is 2. The van der Waals surface area contributed by atoms with Crippen LogP contribution in [-0.2, 0) is 15.6 Å². The lowest BCUT2D eigenvalue weighted by Gasteiger charge is -2.27. The average molecular weight is 456 g/mol. The van der Waals surface area contributed by atoms with Crippen molar-refractivity contribution in [3.8, 4) is 0 Å². The van der Waals surface area contributed by atoms with Crippen LogP contribution in [0.15, 0.2) is 72.5 Å². The van der Waals surface area contributed by atoms with Crippen molar-refractivity contribution in [1.82, 2.24) is 0 Å². The normalized spacial score (nSPS) is 19.2. The van der Waals surface area contributed by atoms with Crippen molar-refractivity contribution in [3.63, 3.8) is 0 Å². The van der Waals surface area contributed by atoms with Crippen LogP contribution in [0.2, 0.25) is 0 Å². The zero-order valence-corrected chi connectivity index (χ0v) is 21.7. The van der Waals surface area contributed by atoms with E-state index in [1.54, 1.807) is 6.92 Å². The number of hydrogen-bond acceptors (Lipinski definition) is 2. The molecule has 0 aliphatic carbocycles. The minimum atomic E-state index is -0.0506. The number of carbonyl (C=O) groups excluding carboxylic acids is 1. The molecular weight excluding hydrogens is 416 g/mol. The lowest BCUT2D eigenvalue weighted by molar-refractivity contribution is -0.401. The molecule has 2 aromatic rings. The molecule has 178 valence electrons. The molecule has 0 atom stereocenters. The summed E-state index contributed by atoms with van der Waals surface area (Å²) in [5.41, 5.74) is 7.96. The predicted molar refractivity (Wildman–Crippen MR) is 144 cm³/mol. The van der Waals surface area contributed by atoms with Gasteiger partial charge in [0.2, 0.25) is 5.69 Å². The van der Waals surface area contributed by atoms with E-state index in [0.29, 0.717) is 6.42 Å². The van der Waals surface area contributed by atoms with Crippen LogP contribution >= 0.6 is 0 Å². The van der Waals surface area contributed by atoms with Gasteiger partial charge in [0.25, 0.3) is 0 Å². The Hall–Kier alpha value is -2.94. The fraction of sp³-hybridized carbons (Fsp3) is 0.419. The van der Waals surface area contributed by atoms with Crippen molar-refractivity contribution in [3.05, 3.63) is 83.6 Å². The molecule has 0 N–H and O–H groups in total. The summed E-state index contributed by atoms with van der Waals surface area (Å²) in [6, 6.07) is 17.5. The molecule has 2 heterocycles. The van der Waals surface area contributed by atoms with Gasteiger partial charge >= 0.3 is 0 Å². The predicted octanol–water partition coefficient (Wildman–Crippen LogP) is 7.08. The van der Waals surface area contributed by atoms with E-state index in [9.17, 15) is 4.79 Å². The lowest BCUT2D eigenvalue weighted by Crippen LogP contribution is -2.27. The number of rotatable bonds is 8. The number of Topliss-reactive ketones (excluding diaryl/α,β-unsaturated/α-hetero) is 1. The van der Waals surface area contributed by atoms with Crippen LogP contribution in [0.25, 0.3) is 0 Å². The maximum Gasteiger partial charge on any atom is 0.209 e. The van der Waals surface area contributed by atoms with E-state index in [2.05, 4.69) is 111 Å². The van der Waals surface area contributed by atoms with E-state index in [-0.39, 0.29) is 16.6 Å². The van der Waals surface area contributed by atoms with E-state index >= 15 is 0 Å². The fourth-order valence-corrected chi connectivity index (χ4v) is 5.73. The Labute approximate surface area is 205 Å². The highest BCUT2D eigenvalue weighted by Gasteiger charge is 2.43. The molecule has 2 aliphatic heterocycles. The number of benzene rings is 2. The highest BCUT2D eigenvalue weighted by atomic mass is 16.1. The van der Waals surface area contributed by atoms with Crippen molar-refractivity contribution in [2.45, 2.75) is 71.1 Å². The number of unbranched alkanes of at least 4 members (excludes halogenated alkanes) is 2. The molecular formula is C31H39N2O+. The standard InChI is InChI=1S/C31H39N2O/c1-23(34)15-8-7-13-22-33-27-19-12-10-17-25(27)31(4,5)29(33)21-14-20-28-30(2,3)24-16-9-11-18-26(24)32(28)6/h9-12,14,16-21H,7-8,13,15,22H2,1-6H3/q+1. The second kappa shape index (κ2) is 9.37. The largest absolute Gasteiger partial charge is 0.344 e. The molecule has 0 saturated heterocycles. The maximum absolute atomic E-state index is 11.3. The van der Waals surface area contributed by atoms with Crippen LogP contribution in [0.1, 0.15) is 71.4 Å². The summed E-state index contributed by atoms with van der Waals surface area (Å²) < 4.78 is 2.33. The van der Waals surface area contributed by atoms with Crippen molar-refractivity contribution in [2.75, 3.05) is 18.5 Å². The van der Waals surface area contributed by atoms with Gasteiger partial charge in [-0.25, -0.2) is 0 Å². The summed E-state index contributed by atoms with van der Waals surface area (Å²) in [6.07, 6.45) is 10.7. The fourth-order valence-electron chi connectivity index (χ4n) is 5.73. The molecule has 0 saturated carbocycles. The van der Waals surface area contributed by atoms with Crippen LogP contribution < -0.4 is 4.90 Å². The molecule has 3 heteroatoms. The highest BCUT2D eigenvalue weighted by molar-refractivity contribution is 6.03. The molecule has 0 radical (unpaired) electrons. The second-order valence-corrected chi connectivity index (χ2v) is 10.8. The Morgan fingerprint density at radius 3 is 2.29 bits per heavy atom. The van der Waals surface area contributed by atoms with Crippen LogP contribution in [0.5, 0.6) is 0 Å². The molecule has 0 spiro atoms. The monoisotopic (exact) mass is 455 g/mol. The van der Waals surface area contributed by atoms with Crippen molar-refractivity contribution in [1.29, 1.82) is 0 Å². The average Bonchev–Trinajstić information content (AvgIpc) is 3.13. The maximum atomic E-state index is 11.3. The summed E-state index contributed by atoms with van der Waals surface area (Å²) in [5, 5.41) is 0. The summed E-state index contributed by atoms with van der Waals surface area (Å²) in [6.45, 7) is 11.9. The van der Waals surface area contributed by atoms with Gasteiger partial charge in [-0.2, -0.15) is 4.58 Å². The molecule has 0 bridgehead atoms. The summed E-state index contributed by atoms with van der Waals surface area (Å²) in [7, 11) is 2.17. The molecule has 0 aromatic heterocycles. The van der Waals surface area contributed by atoms with Gasteiger partial charge in [-0.3, -0.25) is 0 Å². The quantitative estimate of drug-likeness (QED) is 0.314. The van der Waals surface area contributed by atoms with Gasteiger partial charge < -0.3 is 9.69 Å².